The molecule has 7 nitrogen and oxygen atoms in total. The Kier molecular flexibility index (Phi) is 5.82. The van der Waals surface area contributed by atoms with Crippen molar-refractivity contribution in [3.05, 3.63) is 53.8 Å². The highest BCUT2D eigenvalue weighted by Gasteiger charge is 2.32. The molecule has 5 rings (SSSR count). The third-order valence-electron chi connectivity index (χ3n) is 6.05. The molecular weight excluding hydrogens is 432 g/mol. The SMILES string of the molecule is O=C(C1CCCN(c2nnc(-n3cccc3)s2)C1)N1CCN(c2ccc(Cl)cc2)CC1. The summed E-state index contributed by atoms with van der Waals surface area (Å²) >= 11 is 7.57. The number of anilines is 2. The molecule has 162 valence electrons. The Bertz CT molecular complexity index is 1010. The minimum Gasteiger partial charge on any atom is -0.368 e. The zero-order valence-electron chi connectivity index (χ0n) is 17.2. The van der Waals surface area contributed by atoms with Crippen molar-refractivity contribution in [3.63, 3.8) is 0 Å². The summed E-state index contributed by atoms with van der Waals surface area (Å²) in [5, 5.41) is 11.2. The van der Waals surface area contributed by atoms with Crippen LogP contribution in [0, 0.1) is 5.92 Å². The molecule has 4 heterocycles. The average Bonchev–Trinajstić information content (AvgIpc) is 3.52. The first-order valence-electron chi connectivity index (χ1n) is 10.7. The lowest BCUT2D eigenvalue weighted by atomic mass is 9.96. The van der Waals surface area contributed by atoms with Gasteiger partial charge >= 0.3 is 0 Å². The predicted molar refractivity (Wildman–Crippen MR) is 124 cm³/mol. The summed E-state index contributed by atoms with van der Waals surface area (Å²) in [5.74, 6) is 0.297. The maximum atomic E-state index is 13.2. The highest BCUT2D eigenvalue weighted by atomic mass is 35.5. The van der Waals surface area contributed by atoms with Crippen molar-refractivity contribution in [2.45, 2.75) is 12.8 Å². The van der Waals surface area contributed by atoms with Crippen molar-refractivity contribution in [1.82, 2.24) is 19.7 Å². The number of aromatic nitrogens is 3. The molecule has 1 aromatic carbocycles. The zero-order chi connectivity index (χ0) is 21.2. The van der Waals surface area contributed by atoms with E-state index >= 15 is 0 Å². The largest absolute Gasteiger partial charge is 0.368 e. The molecule has 1 amide bonds. The molecule has 0 aliphatic carbocycles. The van der Waals surface area contributed by atoms with Gasteiger partial charge in [0.2, 0.25) is 16.2 Å². The van der Waals surface area contributed by atoms with E-state index in [1.165, 1.54) is 0 Å². The van der Waals surface area contributed by atoms with Crippen LogP contribution in [0.15, 0.2) is 48.8 Å². The standard InChI is InChI=1S/C22H25ClN6OS/c23-18-5-7-19(8-6-18)26-12-14-27(15-13-26)20(30)17-4-3-11-29(16-17)22-25-24-21(31-22)28-9-1-2-10-28/h1-2,5-10,17H,3-4,11-16H2. The molecule has 9 heteroatoms. The van der Waals surface area contributed by atoms with Gasteiger partial charge in [-0.15, -0.1) is 10.2 Å². The average molecular weight is 457 g/mol. The Morgan fingerprint density at radius 2 is 1.65 bits per heavy atom. The van der Waals surface area contributed by atoms with Crippen LogP contribution >= 0.6 is 22.9 Å². The van der Waals surface area contributed by atoms with E-state index < -0.39 is 0 Å². The number of hydrogen-bond acceptors (Lipinski definition) is 6. The van der Waals surface area contributed by atoms with E-state index in [2.05, 4.69) is 20.0 Å². The lowest BCUT2D eigenvalue weighted by molar-refractivity contribution is -0.136. The van der Waals surface area contributed by atoms with Gasteiger partial charge in [0.05, 0.1) is 5.92 Å². The zero-order valence-corrected chi connectivity index (χ0v) is 18.8. The van der Waals surface area contributed by atoms with E-state index in [9.17, 15) is 4.79 Å². The number of piperidine rings is 1. The molecule has 0 bridgehead atoms. The van der Waals surface area contributed by atoms with Gasteiger partial charge in [-0.3, -0.25) is 9.36 Å². The number of benzene rings is 1. The number of halogens is 1. The number of carbonyl (C=O) groups excluding carboxylic acids is 1. The van der Waals surface area contributed by atoms with Crippen LogP contribution in [-0.4, -0.2) is 64.8 Å². The summed E-state index contributed by atoms with van der Waals surface area (Å²) in [4.78, 5) is 19.8. The van der Waals surface area contributed by atoms with Crippen LogP contribution in [0.5, 0.6) is 0 Å². The maximum absolute atomic E-state index is 13.2. The quantitative estimate of drug-likeness (QED) is 0.601. The van der Waals surface area contributed by atoms with Crippen LogP contribution in [0.4, 0.5) is 10.8 Å². The van der Waals surface area contributed by atoms with E-state index in [1.807, 2.05) is 58.3 Å². The van der Waals surface area contributed by atoms with E-state index in [0.717, 1.165) is 73.1 Å². The Labute approximate surface area is 190 Å². The second kappa shape index (κ2) is 8.88. The number of rotatable bonds is 4. The third-order valence-corrected chi connectivity index (χ3v) is 7.30. The maximum Gasteiger partial charge on any atom is 0.227 e. The van der Waals surface area contributed by atoms with Crippen molar-refractivity contribution in [3.8, 4) is 5.13 Å². The second-order valence-corrected chi connectivity index (χ2v) is 9.40. The van der Waals surface area contributed by atoms with E-state index in [4.69, 9.17) is 11.6 Å². The van der Waals surface area contributed by atoms with Crippen molar-refractivity contribution < 1.29 is 4.79 Å². The number of nitrogens with zero attached hydrogens (tertiary/aromatic N) is 6. The van der Waals surface area contributed by atoms with Crippen LogP contribution in [0.25, 0.3) is 5.13 Å². The molecule has 2 aliphatic rings. The molecule has 1 unspecified atom stereocenters. The summed E-state index contributed by atoms with van der Waals surface area (Å²) in [6.45, 7) is 4.86. The van der Waals surface area contributed by atoms with Gasteiger partial charge in [0, 0.05) is 62.4 Å². The fraction of sp³-hybridized carbons (Fsp3) is 0.409. The molecule has 2 fully saturated rings. The predicted octanol–water partition coefficient (Wildman–Crippen LogP) is 3.55. The molecule has 0 saturated carbocycles. The molecule has 0 radical (unpaired) electrons. The highest BCUT2D eigenvalue weighted by Crippen LogP contribution is 2.29. The number of carbonyl (C=O) groups is 1. The fourth-order valence-corrected chi connectivity index (χ4v) is 5.32. The van der Waals surface area contributed by atoms with Crippen LogP contribution in [0.3, 0.4) is 0 Å². The Hall–Kier alpha value is -2.58. The molecule has 3 aromatic rings. The minimum absolute atomic E-state index is 0.0229. The van der Waals surface area contributed by atoms with Crippen LogP contribution in [0.1, 0.15) is 12.8 Å². The topological polar surface area (TPSA) is 57.5 Å². The van der Waals surface area contributed by atoms with Crippen LogP contribution in [0.2, 0.25) is 5.02 Å². The number of hydrogen-bond donors (Lipinski definition) is 0. The molecule has 31 heavy (non-hydrogen) atoms. The van der Waals surface area contributed by atoms with Crippen molar-refractivity contribution >= 4 is 39.7 Å². The van der Waals surface area contributed by atoms with Crippen LogP contribution in [-0.2, 0) is 4.79 Å². The molecule has 2 aliphatic heterocycles. The van der Waals surface area contributed by atoms with Gasteiger partial charge in [0.15, 0.2) is 0 Å². The summed E-state index contributed by atoms with van der Waals surface area (Å²) in [7, 11) is 0. The van der Waals surface area contributed by atoms with Gasteiger partial charge in [-0.25, -0.2) is 0 Å². The lowest BCUT2D eigenvalue weighted by Crippen LogP contribution is -2.52. The first kappa shape index (κ1) is 20.3. The van der Waals surface area contributed by atoms with Gasteiger partial charge in [-0.2, -0.15) is 0 Å². The van der Waals surface area contributed by atoms with Crippen molar-refractivity contribution in [1.29, 1.82) is 0 Å². The molecule has 1 atom stereocenters. The first-order valence-corrected chi connectivity index (χ1v) is 11.9. The van der Waals surface area contributed by atoms with E-state index in [0.29, 0.717) is 0 Å². The summed E-state index contributed by atoms with van der Waals surface area (Å²) in [6, 6.07) is 11.9. The van der Waals surface area contributed by atoms with E-state index in [1.54, 1.807) is 11.3 Å². The molecule has 0 spiro atoms. The molecule has 0 N–H and O–H groups in total. The monoisotopic (exact) mass is 456 g/mol. The minimum atomic E-state index is 0.0229. The summed E-state index contributed by atoms with van der Waals surface area (Å²) < 4.78 is 1.97. The molecule has 2 aromatic heterocycles. The Balaban J connectivity index is 1.19. The van der Waals surface area contributed by atoms with Gasteiger partial charge in [0.1, 0.15) is 0 Å². The summed E-state index contributed by atoms with van der Waals surface area (Å²) in [6.07, 6.45) is 5.88. The number of amides is 1. The molecular formula is C22H25ClN6OS. The second-order valence-electron chi connectivity index (χ2n) is 8.03. The first-order chi connectivity index (χ1) is 15.2. The summed E-state index contributed by atoms with van der Waals surface area (Å²) in [5.41, 5.74) is 1.16. The fourth-order valence-electron chi connectivity index (χ4n) is 4.35. The third kappa shape index (κ3) is 4.41. The van der Waals surface area contributed by atoms with Gasteiger partial charge in [-0.05, 0) is 49.2 Å². The molecule has 2 saturated heterocycles. The number of piperazine rings is 1. The van der Waals surface area contributed by atoms with Crippen LogP contribution < -0.4 is 9.80 Å². The Morgan fingerprint density at radius 1 is 0.935 bits per heavy atom. The van der Waals surface area contributed by atoms with Gasteiger partial charge in [0.25, 0.3) is 0 Å². The lowest BCUT2D eigenvalue weighted by Gasteiger charge is -2.39. The normalized spacial score (nSPS) is 19.6. The van der Waals surface area contributed by atoms with E-state index in [-0.39, 0.29) is 11.8 Å². The Morgan fingerprint density at radius 3 is 2.39 bits per heavy atom. The highest BCUT2D eigenvalue weighted by molar-refractivity contribution is 7.17. The van der Waals surface area contributed by atoms with Crippen molar-refractivity contribution in [2.75, 3.05) is 49.1 Å². The van der Waals surface area contributed by atoms with Gasteiger partial charge < -0.3 is 14.7 Å². The smallest absolute Gasteiger partial charge is 0.227 e. The van der Waals surface area contributed by atoms with Crippen molar-refractivity contribution in [2.24, 2.45) is 5.92 Å². The van der Waals surface area contributed by atoms with Gasteiger partial charge in [-0.1, -0.05) is 22.9 Å².